The molecule has 0 aliphatic carbocycles. The highest BCUT2D eigenvalue weighted by Gasteiger charge is 2.35. The highest BCUT2D eigenvalue weighted by atomic mass is 35.5. The van der Waals surface area contributed by atoms with E-state index in [1.54, 1.807) is 18.2 Å². The lowest BCUT2D eigenvalue weighted by Crippen LogP contribution is -2.18. The van der Waals surface area contributed by atoms with Gasteiger partial charge in [0, 0.05) is 11.0 Å². The third kappa shape index (κ3) is 2.74. The van der Waals surface area contributed by atoms with E-state index in [1.165, 1.54) is 0 Å². The largest absolute Gasteiger partial charge is 0.492 e. The van der Waals surface area contributed by atoms with Crippen molar-refractivity contribution in [1.29, 1.82) is 0 Å². The minimum atomic E-state index is -4.25. The van der Waals surface area contributed by atoms with Gasteiger partial charge in [-0.1, -0.05) is 19.9 Å². The zero-order valence-electron chi connectivity index (χ0n) is 10.1. The molecule has 18 heavy (non-hydrogen) atoms. The first-order chi connectivity index (χ1) is 8.19. The summed E-state index contributed by atoms with van der Waals surface area (Å²) in [6.45, 7) is 4.53. The quantitative estimate of drug-likeness (QED) is 0.719. The molecule has 1 unspecified atom stereocenters. The van der Waals surface area contributed by atoms with Gasteiger partial charge in [-0.3, -0.25) is 0 Å². The van der Waals surface area contributed by atoms with E-state index in [0.29, 0.717) is 12.2 Å². The molecule has 0 saturated heterocycles. The van der Waals surface area contributed by atoms with E-state index in [4.69, 9.17) is 16.3 Å². The number of fused-ring (bicyclic) bond motifs is 1. The van der Waals surface area contributed by atoms with Crippen LogP contribution in [0.2, 0.25) is 0 Å². The topological polar surface area (TPSA) is 9.23 Å². The van der Waals surface area contributed by atoms with Crippen molar-refractivity contribution in [2.24, 2.45) is 0 Å². The Labute approximate surface area is 109 Å². The van der Waals surface area contributed by atoms with Crippen LogP contribution in [0.5, 0.6) is 5.75 Å². The van der Waals surface area contributed by atoms with E-state index in [-0.39, 0.29) is 5.41 Å². The van der Waals surface area contributed by atoms with E-state index in [2.05, 4.69) is 0 Å². The minimum Gasteiger partial charge on any atom is -0.492 e. The lowest BCUT2D eigenvalue weighted by molar-refractivity contribution is -0.134. The van der Waals surface area contributed by atoms with Crippen molar-refractivity contribution in [3.63, 3.8) is 0 Å². The predicted octanol–water partition coefficient (Wildman–Crippen LogP) is 4.59. The Bertz CT molecular complexity index is 454. The first-order valence-electron chi connectivity index (χ1n) is 5.67. The lowest BCUT2D eigenvalue weighted by Gasteiger charge is -2.18. The molecular formula is C13H14ClF3O. The van der Waals surface area contributed by atoms with Crippen LogP contribution in [0.25, 0.3) is 0 Å². The van der Waals surface area contributed by atoms with Crippen LogP contribution in [0.1, 0.15) is 36.8 Å². The molecule has 1 heterocycles. The summed E-state index contributed by atoms with van der Waals surface area (Å²) in [5.41, 5.74) is 1.24. The molecular weight excluding hydrogens is 265 g/mol. The third-order valence-electron chi connectivity index (χ3n) is 3.09. The van der Waals surface area contributed by atoms with Crippen LogP contribution in [0.15, 0.2) is 18.2 Å². The molecule has 0 N–H and O–H groups in total. The molecule has 0 fully saturated rings. The van der Waals surface area contributed by atoms with Crippen LogP contribution in [0.3, 0.4) is 0 Å². The second kappa shape index (κ2) is 4.34. The smallest absolute Gasteiger partial charge is 0.390 e. The van der Waals surface area contributed by atoms with Gasteiger partial charge in [0.15, 0.2) is 0 Å². The Hall–Kier alpha value is -0.900. The van der Waals surface area contributed by atoms with Gasteiger partial charge in [0.1, 0.15) is 5.75 Å². The van der Waals surface area contributed by atoms with Crippen molar-refractivity contribution in [2.45, 2.75) is 37.2 Å². The molecule has 1 aromatic carbocycles. The van der Waals surface area contributed by atoms with Crippen LogP contribution in [-0.4, -0.2) is 12.8 Å². The summed E-state index contributed by atoms with van der Waals surface area (Å²) in [5, 5.41) is -1.05. The number of halogens is 4. The lowest BCUT2D eigenvalue weighted by atomic mass is 9.86. The summed E-state index contributed by atoms with van der Waals surface area (Å²) in [4.78, 5) is 0. The fourth-order valence-corrected chi connectivity index (χ4v) is 2.36. The van der Waals surface area contributed by atoms with Crippen LogP contribution >= 0.6 is 11.6 Å². The Morgan fingerprint density at radius 1 is 1.39 bits per heavy atom. The molecule has 100 valence electrons. The predicted molar refractivity (Wildman–Crippen MR) is 64.2 cm³/mol. The maximum atomic E-state index is 12.3. The van der Waals surface area contributed by atoms with E-state index in [1.807, 2.05) is 13.8 Å². The number of hydrogen-bond acceptors (Lipinski definition) is 1. The number of ether oxygens (including phenoxy) is 1. The molecule has 0 radical (unpaired) electrons. The van der Waals surface area contributed by atoms with E-state index in [9.17, 15) is 13.2 Å². The van der Waals surface area contributed by atoms with Gasteiger partial charge >= 0.3 is 6.18 Å². The van der Waals surface area contributed by atoms with Crippen molar-refractivity contribution < 1.29 is 17.9 Å². The van der Waals surface area contributed by atoms with Crippen LogP contribution < -0.4 is 4.74 Å². The Morgan fingerprint density at radius 3 is 2.67 bits per heavy atom. The number of rotatable bonds is 2. The van der Waals surface area contributed by atoms with E-state index < -0.39 is 18.0 Å². The van der Waals surface area contributed by atoms with Crippen LogP contribution in [0, 0.1) is 0 Å². The maximum Gasteiger partial charge on any atom is 0.390 e. The number of hydrogen-bond donors (Lipinski definition) is 0. The second-order valence-corrected chi connectivity index (χ2v) is 5.74. The van der Waals surface area contributed by atoms with Gasteiger partial charge < -0.3 is 4.74 Å². The Kier molecular flexibility index (Phi) is 3.26. The normalized spacial score (nSPS) is 19.2. The van der Waals surface area contributed by atoms with Gasteiger partial charge in [0.25, 0.3) is 0 Å². The van der Waals surface area contributed by atoms with Crippen molar-refractivity contribution in [1.82, 2.24) is 0 Å². The first-order valence-corrected chi connectivity index (χ1v) is 6.11. The van der Waals surface area contributed by atoms with Crippen molar-refractivity contribution in [2.75, 3.05) is 6.61 Å². The third-order valence-corrected chi connectivity index (χ3v) is 3.50. The molecule has 0 saturated carbocycles. The average molecular weight is 279 g/mol. The summed E-state index contributed by atoms with van der Waals surface area (Å²) in [5.74, 6) is 0.736. The van der Waals surface area contributed by atoms with Crippen LogP contribution in [-0.2, 0) is 5.41 Å². The van der Waals surface area contributed by atoms with Crippen molar-refractivity contribution in [3.05, 3.63) is 29.3 Å². The van der Waals surface area contributed by atoms with Crippen molar-refractivity contribution in [3.8, 4) is 5.75 Å². The molecule has 1 atom stereocenters. The monoisotopic (exact) mass is 278 g/mol. The zero-order valence-corrected chi connectivity index (χ0v) is 10.9. The molecule has 2 rings (SSSR count). The summed E-state index contributed by atoms with van der Waals surface area (Å²) in [6.07, 6.45) is -5.27. The SMILES string of the molecule is CC1(C)COc2ccc(C(Cl)CC(F)(F)F)cc21. The molecule has 1 aromatic rings. The summed E-state index contributed by atoms with van der Waals surface area (Å²) >= 11 is 5.82. The van der Waals surface area contributed by atoms with Gasteiger partial charge in [-0.05, 0) is 17.7 Å². The van der Waals surface area contributed by atoms with Gasteiger partial charge in [-0.2, -0.15) is 13.2 Å². The summed E-state index contributed by atoms with van der Waals surface area (Å²) in [6, 6.07) is 5.03. The maximum absolute atomic E-state index is 12.3. The first kappa shape index (κ1) is 13.5. The molecule has 0 spiro atoms. The van der Waals surface area contributed by atoms with Gasteiger partial charge in [0.05, 0.1) is 18.4 Å². The molecule has 5 heteroatoms. The number of alkyl halides is 4. The summed E-state index contributed by atoms with van der Waals surface area (Å²) < 4.78 is 42.4. The minimum absolute atomic E-state index is 0.180. The molecule has 0 aromatic heterocycles. The fraction of sp³-hybridized carbons (Fsp3) is 0.538. The zero-order chi connectivity index (χ0) is 13.6. The van der Waals surface area contributed by atoms with Gasteiger partial charge in [0.2, 0.25) is 0 Å². The fourth-order valence-electron chi connectivity index (χ4n) is 2.05. The van der Waals surface area contributed by atoms with Gasteiger partial charge in [-0.15, -0.1) is 11.6 Å². The standard InChI is InChI=1S/C13H14ClF3O/c1-12(2)7-18-11-4-3-8(5-9(11)12)10(14)6-13(15,16)17/h3-5,10H,6-7H2,1-2H3. The number of benzene rings is 1. The Balaban J connectivity index is 2.27. The molecule has 1 aliphatic rings. The van der Waals surface area contributed by atoms with Crippen LogP contribution in [0.4, 0.5) is 13.2 Å². The molecule has 1 aliphatic heterocycles. The molecule has 1 nitrogen and oxygen atoms in total. The molecule has 0 amide bonds. The van der Waals surface area contributed by atoms with E-state index in [0.717, 1.165) is 11.3 Å². The molecule has 0 bridgehead atoms. The highest BCUT2D eigenvalue weighted by Crippen LogP contribution is 2.42. The van der Waals surface area contributed by atoms with E-state index >= 15 is 0 Å². The Morgan fingerprint density at radius 2 is 2.06 bits per heavy atom. The average Bonchev–Trinajstić information content (AvgIpc) is 2.52. The van der Waals surface area contributed by atoms with Gasteiger partial charge in [-0.25, -0.2) is 0 Å². The van der Waals surface area contributed by atoms with Crippen molar-refractivity contribution >= 4 is 11.6 Å². The second-order valence-electron chi connectivity index (χ2n) is 5.21. The highest BCUT2D eigenvalue weighted by molar-refractivity contribution is 6.20. The summed E-state index contributed by atoms with van der Waals surface area (Å²) in [7, 11) is 0.